The van der Waals surface area contributed by atoms with Gasteiger partial charge >= 0.3 is 5.97 Å². The summed E-state index contributed by atoms with van der Waals surface area (Å²) in [4.78, 5) is 23.1. The van der Waals surface area contributed by atoms with E-state index in [1.54, 1.807) is 0 Å². The van der Waals surface area contributed by atoms with Crippen molar-refractivity contribution in [1.29, 1.82) is 0 Å². The lowest BCUT2D eigenvalue weighted by atomic mass is 9.92. The largest absolute Gasteiger partial charge is 0.478 e. The second-order valence-electron chi connectivity index (χ2n) is 5.11. The number of aliphatic hydroxyl groups is 1. The van der Waals surface area contributed by atoms with E-state index in [1.807, 2.05) is 0 Å². The minimum atomic E-state index is -1.51. The molecule has 0 radical (unpaired) electrons. The quantitative estimate of drug-likeness (QED) is 0.793. The Labute approximate surface area is 119 Å². The second-order valence-corrected chi connectivity index (χ2v) is 5.11. The fourth-order valence-corrected chi connectivity index (χ4v) is 2.47. The summed E-state index contributed by atoms with van der Waals surface area (Å²) >= 11 is 0. The summed E-state index contributed by atoms with van der Waals surface area (Å²) in [7, 11) is 0. The topological polar surface area (TPSA) is 86.6 Å². The van der Waals surface area contributed by atoms with Crippen molar-refractivity contribution >= 4 is 11.9 Å². The molecule has 3 N–H and O–H groups in total. The minimum Gasteiger partial charge on any atom is -0.478 e. The highest BCUT2D eigenvalue weighted by atomic mass is 19.2. The molecular weight excluding hydrogens is 284 g/mol. The lowest BCUT2D eigenvalue weighted by Gasteiger charge is -2.26. The third-order valence-electron chi connectivity index (χ3n) is 3.52. The molecule has 1 aromatic carbocycles. The number of halogens is 2. The van der Waals surface area contributed by atoms with E-state index in [9.17, 15) is 23.5 Å². The summed E-state index contributed by atoms with van der Waals surface area (Å²) in [5, 5.41) is 21.1. The van der Waals surface area contributed by atoms with Gasteiger partial charge in [-0.25, -0.2) is 13.6 Å². The molecule has 0 aromatic heterocycles. The number of hydrogen-bond donors (Lipinski definition) is 3. The van der Waals surface area contributed by atoms with Crippen molar-refractivity contribution in [3.05, 3.63) is 34.9 Å². The number of benzene rings is 1. The fraction of sp³-hybridized carbons (Fsp3) is 0.429. The molecule has 2 rings (SSSR count). The molecule has 0 saturated heterocycles. The molecule has 21 heavy (non-hydrogen) atoms. The maximum atomic E-state index is 13.2. The van der Waals surface area contributed by atoms with Crippen LogP contribution in [0.15, 0.2) is 12.1 Å². The first-order valence-corrected chi connectivity index (χ1v) is 6.59. The molecule has 7 heteroatoms. The van der Waals surface area contributed by atoms with Gasteiger partial charge in [-0.05, 0) is 37.8 Å². The van der Waals surface area contributed by atoms with Crippen LogP contribution in [0, 0.1) is 11.6 Å². The highest BCUT2D eigenvalue weighted by molar-refractivity contribution is 6.04. The molecular formula is C14H15F2NO4. The Hall–Kier alpha value is -2.02. The van der Waals surface area contributed by atoms with Gasteiger partial charge in [-0.3, -0.25) is 4.79 Å². The number of nitrogens with one attached hydrogen (secondary N) is 1. The number of aliphatic hydroxyl groups excluding tert-OH is 1. The van der Waals surface area contributed by atoms with Crippen LogP contribution in [0.4, 0.5) is 8.78 Å². The van der Waals surface area contributed by atoms with Crippen LogP contribution < -0.4 is 5.32 Å². The molecule has 1 fully saturated rings. The van der Waals surface area contributed by atoms with Crippen molar-refractivity contribution in [3.8, 4) is 0 Å². The Bertz CT molecular complexity index is 576. The van der Waals surface area contributed by atoms with Gasteiger partial charge in [0.25, 0.3) is 5.91 Å². The lowest BCUT2D eigenvalue weighted by molar-refractivity contribution is 0.0686. The highest BCUT2D eigenvalue weighted by Gasteiger charge is 2.25. The van der Waals surface area contributed by atoms with Gasteiger partial charge < -0.3 is 15.5 Å². The van der Waals surface area contributed by atoms with Crippen molar-refractivity contribution in [2.45, 2.75) is 37.8 Å². The van der Waals surface area contributed by atoms with Gasteiger partial charge in [-0.2, -0.15) is 0 Å². The summed E-state index contributed by atoms with van der Waals surface area (Å²) < 4.78 is 26.3. The summed E-state index contributed by atoms with van der Waals surface area (Å²) in [6.07, 6.45) is 1.87. The maximum Gasteiger partial charge on any atom is 0.336 e. The molecule has 2 atom stereocenters. The zero-order valence-corrected chi connectivity index (χ0v) is 11.1. The summed E-state index contributed by atoms with van der Waals surface area (Å²) in [6.45, 7) is 0. The third kappa shape index (κ3) is 3.55. The zero-order valence-electron chi connectivity index (χ0n) is 11.1. The number of carbonyl (C=O) groups is 2. The summed E-state index contributed by atoms with van der Waals surface area (Å²) in [5.74, 6) is -4.90. The Morgan fingerprint density at radius 2 is 1.76 bits per heavy atom. The van der Waals surface area contributed by atoms with Crippen LogP contribution in [0.3, 0.4) is 0 Å². The van der Waals surface area contributed by atoms with Gasteiger partial charge in [-0.15, -0.1) is 0 Å². The number of carboxylic acids is 1. The minimum absolute atomic E-state index is 0.309. The predicted octanol–water partition coefficient (Wildman–Crippen LogP) is 1.70. The van der Waals surface area contributed by atoms with E-state index in [-0.39, 0.29) is 6.04 Å². The van der Waals surface area contributed by atoms with Crippen LogP contribution >= 0.6 is 0 Å². The SMILES string of the molecule is O=C(O)c1cc(F)c(F)cc1C(=O)NC1CCCC(O)C1. The van der Waals surface area contributed by atoms with Gasteiger partial charge in [-0.1, -0.05) is 0 Å². The first kappa shape index (κ1) is 15.4. The lowest BCUT2D eigenvalue weighted by Crippen LogP contribution is -2.40. The van der Waals surface area contributed by atoms with E-state index in [1.165, 1.54) is 0 Å². The van der Waals surface area contributed by atoms with Crippen LogP contribution in [0.25, 0.3) is 0 Å². The molecule has 0 bridgehead atoms. The molecule has 2 unspecified atom stereocenters. The molecule has 0 heterocycles. The average molecular weight is 299 g/mol. The van der Waals surface area contributed by atoms with Crippen LogP contribution in [-0.4, -0.2) is 34.2 Å². The van der Waals surface area contributed by atoms with E-state index in [2.05, 4.69) is 5.32 Å². The van der Waals surface area contributed by atoms with Crippen molar-refractivity contribution in [3.63, 3.8) is 0 Å². The standard InChI is InChI=1S/C14H15F2NO4/c15-11-5-9(10(14(20)21)6-12(11)16)13(19)17-7-2-1-3-8(18)4-7/h5-8,18H,1-4H2,(H,17,19)(H,20,21). The molecule has 1 aliphatic rings. The Kier molecular flexibility index (Phi) is 4.52. The summed E-state index contributed by atoms with van der Waals surface area (Å²) in [6, 6.07) is 0.756. The number of carbonyl (C=O) groups excluding carboxylic acids is 1. The number of hydrogen-bond acceptors (Lipinski definition) is 3. The van der Waals surface area contributed by atoms with Crippen LogP contribution in [-0.2, 0) is 0 Å². The molecule has 1 saturated carbocycles. The molecule has 0 aliphatic heterocycles. The number of amides is 1. The van der Waals surface area contributed by atoms with Crippen molar-refractivity contribution in [1.82, 2.24) is 5.32 Å². The van der Waals surface area contributed by atoms with Crippen molar-refractivity contribution < 1.29 is 28.6 Å². The average Bonchev–Trinajstić information content (AvgIpc) is 2.41. The van der Waals surface area contributed by atoms with Crippen LogP contribution in [0.1, 0.15) is 46.4 Å². The molecule has 1 aliphatic carbocycles. The van der Waals surface area contributed by atoms with Crippen LogP contribution in [0.2, 0.25) is 0 Å². The maximum absolute atomic E-state index is 13.2. The Balaban J connectivity index is 2.22. The Morgan fingerprint density at radius 3 is 2.33 bits per heavy atom. The van der Waals surface area contributed by atoms with E-state index in [0.717, 1.165) is 6.42 Å². The Morgan fingerprint density at radius 1 is 1.14 bits per heavy atom. The van der Waals surface area contributed by atoms with Crippen LogP contribution in [0.5, 0.6) is 0 Å². The van der Waals surface area contributed by atoms with Gasteiger partial charge in [0.15, 0.2) is 11.6 Å². The van der Waals surface area contributed by atoms with E-state index >= 15 is 0 Å². The fourth-order valence-electron chi connectivity index (χ4n) is 2.47. The molecule has 1 aromatic rings. The van der Waals surface area contributed by atoms with E-state index in [0.29, 0.717) is 31.4 Å². The monoisotopic (exact) mass is 299 g/mol. The second kappa shape index (κ2) is 6.17. The molecule has 114 valence electrons. The first-order valence-electron chi connectivity index (χ1n) is 6.59. The molecule has 1 amide bonds. The third-order valence-corrected chi connectivity index (χ3v) is 3.52. The van der Waals surface area contributed by atoms with E-state index in [4.69, 9.17) is 5.11 Å². The van der Waals surface area contributed by atoms with Gasteiger partial charge in [0.05, 0.1) is 17.2 Å². The normalized spacial score (nSPS) is 21.9. The predicted molar refractivity (Wildman–Crippen MR) is 69.0 cm³/mol. The van der Waals surface area contributed by atoms with E-state index < -0.39 is 40.7 Å². The van der Waals surface area contributed by atoms with Crippen molar-refractivity contribution in [2.24, 2.45) is 0 Å². The number of aromatic carboxylic acids is 1. The number of rotatable bonds is 3. The smallest absolute Gasteiger partial charge is 0.336 e. The van der Waals surface area contributed by atoms with Gasteiger partial charge in [0.2, 0.25) is 0 Å². The number of carboxylic acid groups (broad SMARTS) is 1. The van der Waals surface area contributed by atoms with Gasteiger partial charge in [0, 0.05) is 6.04 Å². The zero-order chi connectivity index (χ0) is 15.6. The molecule has 5 nitrogen and oxygen atoms in total. The van der Waals surface area contributed by atoms with Crippen molar-refractivity contribution in [2.75, 3.05) is 0 Å². The highest BCUT2D eigenvalue weighted by Crippen LogP contribution is 2.20. The first-order chi connectivity index (χ1) is 9.88. The summed E-state index contributed by atoms with van der Waals surface area (Å²) in [5.41, 5.74) is -1.02. The van der Waals surface area contributed by atoms with Gasteiger partial charge in [0.1, 0.15) is 0 Å². The molecule has 0 spiro atoms.